The van der Waals surface area contributed by atoms with Gasteiger partial charge in [0.1, 0.15) is 0 Å². The fourth-order valence-electron chi connectivity index (χ4n) is 2.14. The molecule has 0 saturated heterocycles. The van der Waals surface area contributed by atoms with Gasteiger partial charge in [0, 0.05) is 6.04 Å². The lowest BCUT2D eigenvalue weighted by Crippen LogP contribution is -2.37. The topological polar surface area (TPSA) is 58.6 Å². The van der Waals surface area contributed by atoms with Gasteiger partial charge in [-0.2, -0.15) is 0 Å². The van der Waals surface area contributed by atoms with Gasteiger partial charge in [-0.25, -0.2) is 0 Å². The van der Waals surface area contributed by atoms with E-state index < -0.39 is 5.97 Å². The highest BCUT2D eigenvalue weighted by Crippen LogP contribution is 2.24. The Bertz CT molecular complexity index is 230. The molecule has 0 aromatic carbocycles. The third-order valence-corrected chi connectivity index (χ3v) is 3.01. The molecule has 92 valence electrons. The van der Waals surface area contributed by atoms with Crippen LogP contribution in [0.3, 0.4) is 0 Å². The molecule has 0 heterocycles. The average Bonchev–Trinajstić information content (AvgIpc) is 2.29. The number of aliphatic carboxylic acids is 1. The van der Waals surface area contributed by atoms with Gasteiger partial charge in [-0.3, -0.25) is 4.79 Å². The first kappa shape index (κ1) is 13.0. The molecule has 1 fully saturated rings. The lowest BCUT2D eigenvalue weighted by Gasteiger charge is -2.27. The number of hydrogen-bond acceptors (Lipinski definition) is 3. The summed E-state index contributed by atoms with van der Waals surface area (Å²) in [5.74, 6) is -0.808. The van der Waals surface area contributed by atoms with Crippen LogP contribution in [-0.4, -0.2) is 30.3 Å². The maximum absolute atomic E-state index is 10.9. The lowest BCUT2D eigenvalue weighted by atomic mass is 9.86. The molecule has 0 aromatic rings. The highest BCUT2D eigenvalue weighted by atomic mass is 16.5. The fraction of sp³-hybridized carbons (Fsp3) is 0.750. The molecule has 1 rings (SSSR count). The minimum absolute atomic E-state index is 0.157. The van der Waals surface area contributed by atoms with Crippen molar-refractivity contribution in [1.82, 2.24) is 5.32 Å². The lowest BCUT2D eigenvalue weighted by molar-refractivity contribution is -0.143. The van der Waals surface area contributed by atoms with Gasteiger partial charge in [0.15, 0.2) is 0 Å². The van der Waals surface area contributed by atoms with Gasteiger partial charge in [-0.1, -0.05) is 13.0 Å². The van der Waals surface area contributed by atoms with Gasteiger partial charge < -0.3 is 15.2 Å². The predicted molar refractivity (Wildman–Crippen MR) is 62.2 cm³/mol. The van der Waals surface area contributed by atoms with Crippen LogP contribution >= 0.6 is 0 Å². The van der Waals surface area contributed by atoms with E-state index in [0.29, 0.717) is 12.6 Å². The Morgan fingerprint density at radius 2 is 2.38 bits per heavy atom. The number of carbonyl (C=O) groups is 1. The molecular formula is C12H21NO3. The molecule has 0 radical (unpaired) electrons. The molecule has 0 aromatic heterocycles. The monoisotopic (exact) mass is 227 g/mol. The van der Waals surface area contributed by atoms with Crippen LogP contribution in [0.15, 0.2) is 12.8 Å². The summed E-state index contributed by atoms with van der Waals surface area (Å²) < 4.78 is 5.01. The van der Waals surface area contributed by atoms with Gasteiger partial charge in [-0.15, -0.1) is 0 Å². The molecule has 0 amide bonds. The summed E-state index contributed by atoms with van der Waals surface area (Å²) in [6.07, 6.45) is 6.07. The third kappa shape index (κ3) is 4.66. The van der Waals surface area contributed by atoms with Crippen molar-refractivity contribution in [2.24, 2.45) is 5.92 Å². The van der Waals surface area contributed by atoms with E-state index in [-0.39, 0.29) is 5.92 Å². The number of rotatable bonds is 7. The summed E-state index contributed by atoms with van der Waals surface area (Å²) in [6.45, 7) is 5.02. The molecule has 4 heteroatoms. The molecule has 2 atom stereocenters. The number of ether oxygens (including phenoxy) is 1. The van der Waals surface area contributed by atoms with Crippen LogP contribution < -0.4 is 5.32 Å². The van der Waals surface area contributed by atoms with E-state index in [0.717, 1.165) is 38.6 Å². The van der Waals surface area contributed by atoms with Crippen molar-refractivity contribution in [3.05, 3.63) is 12.8 Å². The number of hydrogen-bond donors (Lipinski definition) is 2. The number of carboxylic acid groups (broad SMARTS) is 1. The second kappa shape index (κ2) is 7.28. The van der Waals surface area contributed by atoms with Crippen LogP contribution in [0.2, 0.25) is 0 Å². The summed E-state index contributed by atoms with van der Waals surface area (Å²) >= 11 is 0. The second-order valence-electron chi connectivity index (χ2n) is 4.24. The zero-order valence-electron chi connectivity index (χ0n) is 9.65. The molecule has 1 aliphatic carbocycles. The Balaban J connectivity index is 2.12. The van der Waals surface area contributed by atoms with Gasteiger partial charge in [0.05, 0.1) is 18.8 Å². The van der Waals surface area contributed by atoms with E-state index in [1.165, 1.54) is 6.26 Å². The maximum Gasteiger partial charge on any atom is 0.306 e. The van der Waals surface area contributed by atoms with E-state index in [4.69, 9.17) is 9.84 Å². The molecule has 2 unspecified atom stereocenters. The number of nitrogens with one attached hydrogen (secondary N) is 1. The first-order valence-corrected chi connectivity index (χ1v) is 5.92. The molecule has 2 N–H and O–H groups in total. The van der Waals surface area contributed by atoms with Crippen molar-refractivity contribution < 1.29 is 14.6 Å². The highest BCUT2D eigenvalue weighted by Gasteiger charge is 2.26. The standard InChI is InChI=1S/C12H21NO3/c1-2-16-8-4-7-13-11-6-3-5-10(9-11)12(14)15/h2,10-11,13H,1,3-9H2,(H,14,15). The largest absolute Gasteiger partial charge is 0.502 e. The summed E-state index contributed by atoms with van der Waals surface area (Å²) in [6, 6.07) is 0.360. The van der Waals surface area contributed by atoms with Gasteiger partial charge in [-0.05, 0) is 32.2 Å². The van der Waals surface area contributed by atoms with Gasteiger partial charge in [0.25, 0.3) is 0 Å². The molecule has 0 spiro atoms. The van der Waals surface area contributed by atoms with E-state index in [9.17, 15) is 4.79 Å². The summed E-state index contributed by atoms with van der Waals surface area (Å²) in [4.78, 5) is 10.9. The van der Waals surface area contributed by atoms with Crippen LogP contribution in [0, 0.1) is 5.92 Å². The first-order chi connectivity index (χ1) is 7.74. The fourth-order valence-corrected chi connectivity index (χ4v) is 2.14. The smallest absolute Gasteiger partial charge is 0.306 e. The molecule has 0 aliphatic heterocycles. The molecule has 4 nitrogen and oxygen atoms in total. The highest BCUT2D eigenvalue weighted by molar-refractivity contribution is 5.70. The maximum atomic E-state index is 10.9. The minimum Gasteiger partial charge on any atom is -0.502 e. The van der Waals surface area contributed by atoms with Gasteiger partial charge in [0.2, 0.25) is 0 Å². The molecule has 1 saturated carbocycles. The van der Waals surface area contributed by atoms with Crippen molar-refractivity contribution >= 4 is 5.97 Å². The van der Waals surface area contributed by atoms with Crippen LogP contribution in [0.1, 0.15) is 32.1 Å². The minimum atomic E-state index is -0.651. The Hall–Kier alpha value is -1.03. The first-order valence-electron chi connectivity index (χ1n) is 5.92. The quantitative estimate of drug-likeness (QED) is 0.514. The Morgan fingerprint density at radius 3 is 3.06 bits per heavy atom. The molecule has 1 aliphatic rings. The van der Waals surface area contributed by atoms with E-state index in [2.05, 4.69) is 11.9 Å². The average molecular weight is 227 g/mol. The summed E-state index contributed by atoms with van der Waals surface area (Å²) in [7, 11) is 0. The number of carboxylic acids is 1. The van der Waals surface area contributed by atoms with Crippen LogP contribution in [-0.2, 0) is 9.53 Å². The zero-order chi connectivity index (χ0) is 11.8. The van der Waals surface area contributed by atoms with Crippen LogP contribution in [0.5, 0.6) is 0 Å². The van der Waals surface area contributed by atoms with Crippen molar-refractivity contribution in [3.63, 3.8) is 0 Å². The van der Waals surface area contributed by atoms with E-state index >= 15 is 0 Å². The van der Waals surface area contributed by atoms with Crippen LogP contribution in [0.4, 0.5) is 0 Å². The van der Waals surface area contributed by atoms with Crippen molar-refractivity contribution in [3.8, 4) is 0 Å². The van der Waals surface area contributed by atoms with Crippen molar-refractivity contribution in [2.75, 3.05) is 13.2 Å². The molecule has 16 heavy (non-hydrogen) atoms. The van der Waals surface area contributed by atoms with Crippen molar-refractivity contribution in [1.29, 1.82) is 0 Å². The Kier molecular flexibility index (Phi) is 5.93. The van der Waals surface area contributed by atoms with E-state index in [1.54, 1.807) is 0 Å². The summed E-state index contributed by atoms with van der Waals surface area (Å²) in [5, 5.41) is 12.3. The molecule has 0 bridgehead atoms. The predicted octanol–water partition coefficient (Wildman–Crippen LogP) is 1.77. The molecular weight excluding hydrogens is 206 g/mol. The normalized spacial score (nSPS) is 25.0. The summed E-state index contributed by atoms with van der Waals surface area (Å²) in [5.41, 5.74) is 0. The second-order valence-corrected chi connectivity index (χ2v) is 4.24. The Labute approximate surface area is 96.7 Å². The van der Waals surface area contributed by atoms with E-state index in [1.807, 2.05) is 0 Å². The zero-order valence-corrected chi connectivity index (χ0v) is 9.65. The SMILES string of the molecule is C=COCCCNC1CCCC(C(=O)O)C1. The van der Waals surface area contributed by atoms with Gasteiger partial charge >= 0.3 is 5.97 Å². The third-order valence-electron chi connectivity index (χ3n) is 3.01. The Morgan fingerprint density at radius 1 is 1.56 bits per heavy atom. The van der Waals surface area contributed by atoms with Crippen LogP contribution in [0.25, 0.3) is 0 Å². The van der Waals surface area contributed by atoms with Crippen molar-refractivity contribution in [2.45, 2.75) is 38.1 Å².